The number of rotatable bonds is 3. The summed E-state index contributed by atoms with van der Waals surface area (Å²) in [5.74, 6) is 0.380. The third-order valence-electron chi connectivity index (χ3n) is 4.84. The monoisotopic (exact) mass is 342 g/mol. The Morgan fingerprint density at radius 1 is 1.16 bits per heavy atom. The summed E-state index contributed by atoms with van der Waals surface area (Å²) in [6.45, 7) is 5.29. The molecule has 2 aliphatic rings. The molecule has 3 amide bonds. The number of nitrogens with one attached hydrogen (secondary N) is 2. The van der Waals surface area contributed by atoms with Crippen molar-refractivity contribution in [3.8, 4) is 0 Å². The maximum absolute atomic E-state index is 12.2. The van der Waals surface area contributed by atoms with Crippen LogP contribution in [-0.2, 0) is 18.4 Å². The Morgan fingerprint density at radius 2 is 1.96 bits per heavy atom. The van der Waals surface area contributed by atoms with E-state index in [1.165, 1.54) is 5.56 Å². The molecule has 0 unspecified atom stereocenters. The lowest BCUT2D eigenvalue weighted by atomic mass is 10.1. The van der Waals surface area contributed by atoms with Gasteiger partial charge >= 0.3 is 6.03 Å². The number of aromatic nitrogens is 2. The van der Waals surface area contributed by atoms with Crippen molar-refractivity contribution >= 4 is 28.7 Å². The third-order valence-corrected chi connectivity index (χ3v) is 4.84. The molecule has 3 heterocycles. The minimum atomic E-state index is -0.399. The molecule has 1 aromatic carbocycles. The van der Waals surface area contributed by atoms with Gasteiger partial charge in [-0.25, -0.2) is 4.79 Å². The molecule has 2 saturated heterocycles. The van der Waals surface area contributed by atoms with Gasteiger partial charge in [0.15, 0.2) is 5.82 Å². The van der Waals surface area contributed by atoms with E-state index in [4.69, 9.17) is 0 Å². The highest BCUT2D eigenvalue weighted by Crippen LogP contribution is 2.29. The molecule has 0 spiro atoms. The van der Waals surface area contributed by atoms with Crippen LogP contribution in [0.4, 0.5) is 10.6 Å². The van der Waals surface area contributed by atoms with Crippen LogP contribution in [-0.4, -0.2) is 59.3 Å². The standard InChI is InChI=1S/C17H22N6O2/c1-21-15-12(11-22-9-6-18-7-10-22)3-2-4-13(15)16(20-21)23-8-5-14(24)19-17(23)25/h2-4,18H,5-11H2,1H3,(H,19,24,25). The predicted octanol–water partition coefficient (Wildman–Crippen LogP) is 0.425. The molecule has 132 valence electrons. The van der Waals surface area contributed by atoms with Crippen LogP contribution in [0.3, 0.4) is 0 Å². The van der Waals surface area contributed by atoms with Gasteiger partial charge in [0.2, 0.25) is 5.91 Å². The van der Waals surface area contributed by atoms with E-state index in [0.717, 1.165) is 43.6 Å². The number of aryl methyl sites for hydroxylation is 1. The maximum atomic E-state index is 12.2. The zero-order valence-electron chi connectivity index (χ0n) is 14.3. The van der Waals surface area contributed by atoms with Gasteiger partial charge in [-0.1, -0.05) is 12.1 Å². The van der Waals surface area contributed by atoms with Crippen molar-refractivity contribution < 1.29 is 9.59 Å². The number of piperazine rings is 1. The molecule has 0 atom stereocenters. The van der Waals surface area contributed by atoms with Crippen molar-refractivity contribution in [2.75, 3.05) is 37.6 Å². The van der Waals surface area contributed by atoms with Crippen molar-refractivity contribution in [2.45, 2.75) is 13.0 Å². The Balaban J connectivity index is 1.69. The van der Waals surface area contributed by atoms with E-state index in [2.05, 4.69) is 26.7 Å². The number of amides is 3. The van der Waals surface area contributed by atoms with Gasteiger partial charge in [-0.3, -0.25) is 24.6 Å². The minimum absolute atomic E-state index is 0.235. The summed E-state index contributed by atoms with van der Waals surface area (Å²) in [5, 5.41) is 11.3. The third kappa shape index (κ3) is 2.98. The van der Waals surface area contributed by atoms with Gasteiger partial charge in [0.25, 0.3) is 0 Å². The molecular formula is C17H22N6O2. The van der Waals surface area contributed by atoms with Gasteiger partial charge in [-0.2, -0.15) is 5.10 Å². The summed E-state index contributed by atoms with van der Waals surface area (Å²) in [4.78, 5) is 27.6. The minimum Gasteiger partial charge on any atom is -0.314 e. The number of imide groups is 1. The SMILES string of the molecule is Cn1nc(N2CCC(=O)NC2=O)c2cccc(CN3CCNCC3)c21. The normalized spacial score (nSPS) is 19.5. The molecule has 25 heavy (non-hydrogen) atoms. The van der Waals surface area contributed by atoms with Crippen molar-refractivity contribution in [1.29, 1.82) is 0 Å². The zero-order valence-corrected chi connectivity index (χ0v) is 14.3. The van der Waals surface area contributed by atoms with Crippen LogP contribution in [0.25, 0.3) is 10.9 Å². The predicted molar refractivity (Wildman–Crippen MR) is 94.4 cm³/mol. The van der Waals surface area contributed by atoms with E-state index in [0.29, 0.717) is 18.8 Å². The number of hydrogen-bond donors (Lipinski definition) is 2. The van der Waals surface area contributed by atoms with Crippen LogP contribution in [0, 0.1) is 0 Å². The second kappa shape index (κ2) is 6.45. The van der Waals surface area contributed by atoms with E-state index in [1.807, 2.05) is 23.9 Å². The highest BCUT2D eigenvalue weighted by Gasteiger charge is 2.28. The second-order valence-electron chi connectivity index (χ2n) is 6.54. The second-order valence-corrected chi connectivity index (χ2v) is 6.54. The Kier molecular flexibility index (Phi) is 4.14. The lowest BCUT2D eigenvalue weighted by Gasteiger charge is -2.27. The van der Waals surface area contributed by atoms with E-state index < -0.39 is 6.03 Å². The average molecular weight is 342 g/mol. The maximum Gasteiger partial charge on any atom is 0.329 e. The smallest absolute Gasteiger partial charge is 0.314 e. The molecular weight excluding hydrogens is 320 g/mol. The Hall–Kier alpha value is -2.45. The van der Waals surface area contributed by atoms with Crippen LogP contribution >= 0.6 is 0 Å². The molecule has 0 aliphatic carbocycles. The van der Waals surface area contributed by atoms with Gasteiger partial charge in [-0.15, -0.1) is 0 Å². The molecule has 8 nitrogen and oxygen atoms in total. The largest absolute Gasteiger partial charge is 0.329 e. The number of hydrogen-bond acceptors (Lipinski definition) is 5. The summed E-state index contributed by atoms with van der Waals surface area (Å²) < 4.78 is 1.84. The van der Waals surface area contributed by atoms with Crippen LogP contribution in [0.15, 0.2) is 18.2 Å². The molecule has 0 radical (unpaired) electrons. The molecule has 4 rings (SSSR count). The number of carbonyl (C=O) groups excluding carboxylic acids is 2. The summed E-state index contributed by atoms with van der Waals surface area (Å²) in [7, 11) is 1.90. The van der Waals surface area contributed by atoms with Crippen LogP contribution in [0.5, 0.6) is 0 Å². The van der Waals surface area contributed by atoms with Gasteiger partial charge < -0.3 is 5.32 Å². The van der Waals surface area contributed by atoms with Crippen LogP contribution in [0.1, 0.15) is 12.0 Å². The van der Waals surface area contributed by atoms with Gasteiger partial charge in [0, 0.05) is 58.1 Å². The number of para-hydroxylation sites is 1. The molecule has 0 saturated carbocycles. The molecule has 2 fully saturated rings. The van der Waals surface area contributed by atoms with Gasteiger partial charge in [0.1, 0.15) is 0 Å². The van der Waals surface area contributed by atoms with E-state index in [1.54, 1.807) is 4.90 Å². The molecule has 0 bridgehead atoms. The first kappa shape index (κ1) is 16.0. The summed E-state index contributed by atoms with van der Waals surface area (Å²) in [6.07, 6.45) is 0.296. The summed E-state index contributed by atoms with van der Waals surface area (Å²) >= 11 is 0. The van der Waals surface area contributed by atoms with Gasteiger partial charge in [-0.05, 0) is 11.6 Å². The number of nitrogens with zero attached hydrogens (tertiary/aromatic N) is 4. The highest BCUT2D eigenvalue weighted by atomic mass is 16.2. The fraction of sp³-hybridized carbons (Fsp3) is 0.471. The Morgan fingerprint density at radius 3 is 2.72 bits per heavy atom. The fourth-order valence-corrected chi connectivity index (χ4v) is 3.60. The van der Waals surface area contributed by atoms with Crippen molar-refractivity contribution in [3.05, 3.63) is 23.8 Å². The Labute approximate surface area is 145 Å². The van der Waals surface area contributed by atoms with Crippen LogP contribution in [0.2, 0.25) is 0 Å². The van der Waals surface area contributed by atoms with Crippen LogP contribution < -0.4 is 15.5 Å². The topological polar surface area (TPSA) is 82.5 Å². The Bertz CT molecular complexity index is 824. The quantitative estimate of drug-likeness (QED) is 0.845. The summed E-state index contributed by atoms with van der Waals surface area (Å²) in [6, 6.07) is 5.72. The first-order valence-corrected chi connectivity index (χ1v) is 8.62. The first-order valence-electron chi connectivity index (χ1n) is 8.62. The summed E-state index contributed by atoms with van der Waals surface area (Å²) in [5.41, 5.74) is 2.25. The van der Waals surface area contributed by atoms with E-state index >= 15 is 0 Å². The number of fused-ring (bicyclic) bond motifs is 1. The lowest BCUT2D eigenvalue weighted by molar-refractivity contribution is -0.120. The molecule has 8 heteroatoms. The number of urea groups is 1. The number of carbonyl (C=O) groups is 2. The lowest BCUT2D eigenvalue weighted by Crippen LogP contribution is -2.49. The van der Waals surface area contributed by atoms with Crippen molar-refractivity contribution in [2.24, 2.45) is 7.05 Å². The molecule has 1 aromatic heterocycles. The molecule has 2 N–H and O–H groups in total. The van der Waals surface area contributed by atoms with Crippen molar-refractivity contribution in [1.82, 2.24) is 25.3 Å². The number of anilines is 1. The zero-order chi connectivity index (χ0) is 17.4. The fourth-order valence-electron chi connectivity index (χ4n) is 3.60. The highest BCUT2D eigenvalue weighted by molar-refractivity contribution is 6.09. The molecule has 2 aliphatic heterocycles. The first-order chi connectivity index (χ1) is 12.1. The average Bonchev–Trinajstić information content (AvgIpc) is 2.94. The van der Waals surface area contributed by atoms with Crippen molar-refractivity contribution in [3.63, 3.8) is 0 Å². The molecule has 2 aromatic rings. The van der Waals surface area contributed by atoms with Gasteiger partial charge in [0.05, 0.1) is 5.52 Å². The number of benzene rings is 1. The van der Waals surface area contributed by atoms with E-state index in [9.17, 15) is 9.59 Å². The van der Waals surface area contributed by atoms with E-state index in [-0.39, 0.29) is 5.91 Å².